The zero-order valence-corrected chi connectivity index (χ0v) is 19.7. The van der Waals surface area contributed by atoms with Crippen LogP contribution in [0.1, 0.15) is 57.1 Å². The Hall–Kier alpha value is -2.86. The van der Waals surface area contributed by atoms with Gasteiger partial charge in [-0.15, -0.1) is 0 Å². The first-order valence-corrected chi connectivity index (χ1v) is 12.3. The standard InChI is InChI=1S/C27H35N3O3/c1-3-5-18-30(20-11-10-17-28-19-20)26(32)33-27(25(31)29-16-4-2)23-14-8-6-12-21(23)22-13-7-9-15-24(22)27/h6-9,12-15,20,28H,3-5,10-11,16-19H2,1-2H3,(H,29,31). The van der Waals surface area contributed by atoms with Gasteiger partial charge in [-0.3, -0.25) is 4.79 Å². The highest BCUT2D eigenvalue weighted by Gasteiger charge is 2.53. The number of hydrogen-bond donors (Lipinski definition) is 2. The first kappa shape index (κ1) is 23.3. The largest absolute Gasteiger partial charge is 0.423 e. The van der Waals surface area contributed by atoms with Gasteiger partial charge in [0.1, 0.15) is 0 Å². The van der Waals surface area contributed by atoms with E-state index in [0.29, 0.717) is 13.1 Å². The Labute approximate surface area is 196 Å². The third kappa shape index (κ3) is 4.36. The lowest BCUT2D eigenvalue weighted by Gasteiger charge is -2.37. The molecule has 1 heterocycles. The Morgan fingerprint density at radius 1 is 1.06 bits per heavy atom. The van der Waals surface area contributed by atoms with Gasteiger partial charge in [0.25, 0.3) is 5.91 Å². The Kier molecular flexibility index (Phi) is 7.33. The topological polar surface area (TPSA) is 70.7 Å². The zero-order valence-electron chi connectivity index (χ0n) is 19.7. The fourth-order valence-corrected chi connectivity index (χ4v) is 5.00. The lowest BCUT2D eigenvalue weighted by atomic mass is 9.90. The summed E-state index contributed by atoms with van der Waals surface area (Å²) in [6.45, 7) is 6.99. The van der Waals surface area contributed by atoms with Crippen LogP contribution in [0.4, 0.5) is 4.79 Å². The summed E-state index contributed by atoms with van der Waals surface area (Å²) >= 11 is 0. The Balaban J connectivity index is 1.77. The van der Waals surface area contributed by atoms with E-state index in [4.69, 9.17) is 4.74 Å². The molecule has 0 spiro atoms. The van der Waals surface area contributed by atoms with Crippen LogP contribution >= 0.6 is 0 Å². The summed E-state index contributed by atoms with van der Waals surface area (Å²) in [5.74, 6) is -0.285. The molecule has 1 aliphatic carbocycles. The summed E-state index contributed by atoms with van der Waals surface area (Å²) in [6, 6.07) is 15.6. The van der Waals surface area contributed by atoms with Crippen molar-refractivity contribution in [2.75, 3.05) is 26.2 Å². The van der Waals surface area contributed by atoms with Gasteiger partial charge in [0, 0.05) is 36.8 Å². The van der Waals surface area contributed by atoms with Gasteiger partial charge in [0.2, 0.25) is 5.60 Å². The van der Waals surface area contributed by atoms with Crippen LogP contribution in [0.25, 0.3) is 11.1 Å². The summed E-state index contributed by atoms with van der Waals surface area (Å²) in [7, 11) is 0. The van der Waals surface area contributed by atoms with Crippen molar-refractivity contribution in [3.8, 4) is 11.1 Å². The molecule has 33 heavy (non-hydrogen) atoms. The molecule has 6 heteroatoms. The molecule has 0 saturated carbocycles. The van der Waals surface area contributed by atoms with Crippen LogP contribution in [-0.2, 0) is 15.1 Å². The number of nitrogens with zero attached hydrogens (tertiary/aromatic N) is 1. The third-order valence-corrected chi connectivity index (χ3v) is 6.70. The quantitative estimate of drug-likeness (QED) is 0.626. The predicted molar refractivity (Wildman–Crippen MR) is 130 cm³/mol. The van der Waals surface area contributed by atoms with E-state index in [1.165, 1.54) is 0 Å². The van der Waals surface area contributed by atoms with Gasteiger partial charge in [0.05, 0.1) is 0 Å². The number of benzene rings is 2. The molecule has 2 N–H and O–H groups in total. The Morgan fingerprint density at radius 3 is 2.30 bits per heavy atom. The van der Waals surface area contributed by atoms with E-state index in [0.717, 1.165) is 67.4 Å². The van der Waals surface area contributed by atoms with E-state index in [-0.39, 0.29) is 11.9 Å². The van der Waals surface area contributed by atoms with E-state index >= 15 is 0 Å². The molecule has 0 aromatic heterocycles. The van der Waals surface area contributed by atoms with Gasteiger partial charge >= 0.3 is 6.09 Å². The van der Waals surface area contributed by atoms with Crippen LogP contribution in [0, 0.1) is 0 Å². The van der Waals surface area contributed by atoms with Gasteiger partial charge in [0.15, 0.2) is 0 Å². The maximum atomic E-state index is 13.8. The summed E-state index contributed by atoms with van der Waals surface area (Å²) in [5, 5.41) is 6.42. The van der Waals surface area contributed by atoms with Gasteiger partial charge in [-0.25, -0.2) is 4.79 Å². The average molecular weight is 450 g/mol. The monoisotopic (exact) mass is 449 g/mol. The molecule has 1 atom stereocenters. The number of carbonyl (C=O) groups excluding carboxylic acids is 2. The molecule has 4 rings (SSSR count). The Bertz CT molecular complexity index is 939. The van der Waals surface area contributed by atoms with Crippen LogP contribution in [0.5, 0.6) is 0 Å². The van der Waals surface area contributed by atoms with Crippen molar-refractivity contribution in [2.24, 2.45) is 0 Å². The maximum absolute atomic E-state index is 13.8. The molecule has 1 aliphatic heterocycles. The fraction of sp³-hybridized carbons (Fsp3) is 0.481. The van der Waals surface area contributed by atoms with Crippen LogP contribution in [-0.4, -0.2) is 49.1 Å². The van der Waals surface area contributed by atoms with Crippen LogP contribution < -0.4 is 10.6 Å². The van der Waals surface area contributed by atoms with Crippen molar-refractivity contribution >= 4 is 12.0 Å². The first-order valence-electron chi connectivity index (χ1n) is 12.3. The second-order valence-corrected chi connectivity index (χ2v) is 8.94. The summed E-state index contributed by atoms with van der Waals surface area (Å²) < 4.78 is 6.37. The van der Waals surface area contributed by atoms with Crippen molar-refractivity contribution in [1.82, 2.24) is 15.5 Å². The van der Waals surface area contributed by atoms with E-state index < -0.39 is 11.7 Å². The third-order valence-electron chi connectivity index (χ3n) is 6.70. The second kappa shape index (κ2) is 10.4. The molecule has 0 radical (unpaired) electrons. The van der Waals surface area contributed by atoms with Crippen LogP contribution in [0.15, 0.2) is 48.5 Å². The SMILES string of the molecule is CCCCN(C(=O)OC1(C(=O)NCCC)c2ccccc2-c2ccccc21)C1CCCNC1. The van der Waals surface area contributed by atoms with Crippen molar-refractivity contribution in [1.29, 1.82) is 0 Å². The predicted octanol–water partition coefficient (Wildman–Crippen LogP) is 4.43. The van der Waals surface area contributed by atoms with Crippen molar-refractivity contribution in [3.05, 3.63) is 59.7 Å². The molecule has 2 amide bonds. The molecule has 2 aromatic rings. The van der Waals surface area contributed by atoms with Gasteiger partial charge in [-0.2, -0.15) is 0 Å². The average Bonchev–Trinajstić information content (AvgIpc) is 3.14. The van der Waals surface area contributed by atoms with Crippen LogP contribution in [0.3, 0.4) is 0 Å². The molecule has 176 valence electrons. The molecule has 6 nitrogen and oxygen atoms in total. The number of nitrogens with one attached hydrogen (secondary N) is 2. The van der Waals surface area contributed by atoms with Gasteiger partial charge < -0.3 is 20.3 Å². The van der Waals surface area contributed by atoms with Crippen molar-refractivity contribution < 1.29 is 14.3 Å². The molecule has 2 aliphatic rings. The van der Waals surface area contributed by atoms with Gasteiger partial charge in [-0.1, -0.05) is 68.8 Å². The number of unbranched alkanes of at least 4 members (excludes halogenated alkanes) is 1. The number of fused-ring (bicyclic) bond motifs is 3. The van der Waals surface area contributed by atoms with Crippen molar-refractivity contribution in [3.63, 3.8) is 0 Å². The minimum atomic E-state index is -1.49. The number of carbonyl (C=O) groups is 2. The minimum absolute atomic E-state index is 0.0699. The number of ether oxygens (including phenoxy) is 1. The zero-order chi connectivity index (χ0) is 23.3. The van der Waals surface area contributed by atoms with E-state index in [9.17, 15) is 9.59 Å². The molecular formula is C27H35N3O3. The minimum Gasteiger partial charge on any atom is -0.423 e. The van der Waals surface area contributed by atoms with Gasteiger partial charge in [-0.05, 0) is 43.4 Å². The molecule has 2 aromatic carbocycles. The molecule has 1 unspecified atom stereocenters. The molecule has 1 saturated heterocycles. The summed E-state index contributed by atoms with van der Waals surface area (Å²) in [5.41, 5.74) is 1.83. The number of amides is 2. The van der Waals surface area contributed by atoms with Crippen LogP contribution in [0.2, 0.25) is 0 Å². The summed E-state index contributed by atoms with van der Waals surface area (Å²) in [4.78, 5) is 29.4. The Morgan fingerprint density at radius 2 is 1.73 bits per heavy atom. The number of rotatable bonds is 8. The first-order chi connectivity index (χ1) is 16.1. The highest BCUT2D eigenvalue weighted by molar-refractivity contribution is 6.00. The fourth-order valence-electron chi connectivity index (χ4n) is 5.00. The normalized spacial score (nSPS) is 18.2. The lowest BCUT2D eigenvalue weighted by Crippen LogP contribution is -2.54. The molecule has 1 fully saturated rings. The lowest BCUT2D eigenvalue weighted by molar-refractivity contribution is -0.138. The number of hydrogen-bond acceptors (Lipinski definition) is 4. The smallest absolute Gasteiger partial charge is 0.411 e. The molecule has 0 bridgehead atoms. The van der Waals surface area contributed by atoms with Crippen molar-refractivity contribution in [2.45, 2.75) is 57.6 Å². The van der Waals surface area contributed by atoms with E-state index in [1.54, 1.807) is 0 Å². The summed E-state index contributed by atoms with van der Waals surface area (Å²) in [6.07, 6.45) is 4.22. The van der Waals surface area contributed by atoms with E-state index in [2.05, 4.69) is 17.6 Å². The van der Waals surface area contributed by atoms with E-state index in [1.807, 2.05) is 60.4 Å². The molecular weight excluding hydrogens is 414 g/mol. The number of piperidine rings is 1. The second-order valence-electron chi connectivity index (χ2n) is 8.94. The maximum Gasteiger partial charge on any atom is 0.411 e. The highest BCUT2D eigenvalue weighted by atomic mass is 16.6. The highest BCUT2D eigenvalue weighted by Crippen LogP contribution is 2.50.